The van der Waals surface area contributed by atoms with Gasteiger partial charge in [0.15, 0.2) is 0 Å². The van der Waals surface area contributed by atoms with Crippen LogP contribution in [0.15, 0.2) is 6.07 Å². The van der Waals surface area contributed by atoms with E-state index in [9.17, 15) is 9.90 Å². The Morgan fingerprint density at radius 1 is 1.06 bits per heavy atom. The summed E-state index contributed by atoms with van der Waals surface area (Å²) in [5, 5.41) is 29.1. The number of aromatic amines is 1. The molecule has 3 rings (SSSR count). The molecule has 1 aromatic heterocycles. The fraction of sp³-hybridized carbons (Fsp3) is 0.720. The van der Waals surface area contributed by atoms with Gasteiger partial charge < -0.3 is 5.11 Å². The Hall–Kier alpha value is -1.99. The van der Waals surface area contributed by atoms with Crippen molar-refractivity contribution in [2.24, 2.45) is 11.8 Å². The van der Waals surface area contributed by atoms with Gasteiger partial charge >= 0.3 is 5.97 Å². The first-order valence-corrected chi connectivity index (χ1v) is 12.6. The van der Waals surface area contributed by atoms with Gasteiger partial charge in [0.2, 0.25) is 0 Å². The molecule has 0 saturated heterocycles. The molecule has 4 N–H and O–H groups in total. The maximum absolute atomic E-state index is 12.3. The zero-order valence-electron chi connectivity index (χ0n) is 20.3. The Balaban J connectivity index is 1.95. The molecule has 0 radical (unpaired) electrons. The molecule has 178 valence electrons. The summed E-state index contributed by atoms with van der Waals surface area (Å²) in [6.45, 7) is 10.7. The molecule has 0 saturated carbocycles. The van der Waals surface area contributed by atoms with E-state index in [2.05, 4.69) is 53.7 Å². The van der Waals surface area contributed by atoms with Crippen molar-refractivity contribution in [2.45, 2.75) is 91.1 Å². The highest BCUT2D eigenvalue weighted by Gasteiger charge is 2.45. The van der Waals surface area contributed by atoms with Gasteiger partial charge in [0.1, 0.15) is 16.7 Å². The summed E-state index contributed by atoms with van der Waals surface area (Å²) >= 11 is 0. The van der Waals surface area contributed by atoms with Crippen LogP contribution in [0.4, 0.5) is 0 Å². The van der Waals surface area contributed by atoms with Crippen LogP contribution >= 0.6 is 0 Å². The standard InChI is InChI=1S/C25H41N5O2/c1-5-9-11-17(7-3)15-26-25(27-16-18(8-4)12-10-6-2)14-19-13-20-23(29-30-28-20)22(25)21(19)24(31)32/h13,17-18,26-27H,5-12,14-16H2,1-4H3,(H,31,32)(H,28,29,30). The van der Waals surface area contributed by atoms with Crippen LogP contribution in [-0.2, 0) is 12.1 Å². The monoisotopic (exact) mass is 443 g/mol. The lowest BCUT2D eigenvalue weighted by atomic mass is 9.94. The number of fused-ring (bicyclic) bond motifs is 4. The fourth-order valence-electron chi connectivity index (χ4n) is 5.10. The van der Waals surface area contributed by atoms with Crippen LogP contribution in [-0.4, -0.2) is 39.6 Å². The lowest BCUT2D eigenvalue weighted by Crippen LogP contribution is -2.56. The van der Waals surface area contributed by atoms with Crippen LogP contribution in [0.3, 0.4) is 0 Å². The summed E-state index contributed by atoms with van der Waals surface area (Å²) in [7, 11) is 0. The molecule has 7 heteroatoms. The number of H-pyrrole nitrogens is 1. The van der Waals surface area contributed by atoms with Crippen molar-refractivity contribution in [1.29, 1.82) is 0 Å². The van der Waals surface area contributed by atoms with E-state index in [0.29, 0.717) is 29.3 Å². The predicted molar refractivity (Wildman–Crippen MR) is 129 cm³/mol. The van der Waals surface area contributed by atoms with Crippen molar-refractivity contribution in [3.63, 3.8) is 0 Å². The topological polar surface area (TPSA) is 103 Å². The largest absolute Gasteiger partial charge is 0.478 e. The maximum Gasteiger partial charge on any atom is 0.336 e. The number of carboxylic acid groups (broad SMARTS) is 1. The first-order chi connectivity index (χ1) is 15.5. The highest BCUT2D eigenvalue weighted by molar-refractivity contribution is 5.99. The Kier molecular flexibility index (Phi) is 8.65. The number of hydrogen-bond donors (Lipinski definition) is 4. The molecule has 1 heterocycles. The number of nitrogens with one attached hydrogen (secondary N) is 3. The number of carbonyl (C=O) groups is 1. The maximum atomic E-state index is 12.3. The van der Waals surface area contributed by atoms with Crippen LogP contribution in [0.1, 0.15) is 101 Å². The van der Waals surface area contributed by atoms with Gasteiger partial charge in [0.25, 0.3) is 0 Å². The molecular weight excluding hydrogens is 402 g/mol. The highest BCUT2D eigenvalue weighted by atomic mass is 16.4. The average molecular weight is 444 g/mol. The van der Waals surface area contributed by atoms with Gasteiger partial charge in [-0.05, 0) is 49.4 Å². The summed E-state index contributed by atoms with van der Waals surface area (Å²) in [6, 6.07) is 1.89. The minimum absolute atomic E-state index is 0.384. The molecule has 1 aliphatic carbocycles. The van der Waals surface area contributed by atoms with E-state index in [1.165, 1.54) is 38.5 Å². The van der Waals surface area contributed by atoms with Gasteiger partial charge in [0, 0.05) is 12.0 Å². The van der Waals surface area contributed by atoms with Crippen molar-refractivity contribution in [3.05, 3.63) is 22.8 Å². The van der Waals surface area contributed by atoms with Gasteiger partial charge in [-0.15, -0.1) is 0 Å². The molecule has 0 amide bonds. The van der Waals surface area contributed by atoms with E-state index in [-0.39, 0.29) is 0 Å². The lowest BCUT2D eigenvalue weighted by molar-refractivity contribution is 0.0695. The molecule has 1 aliphatic rings. The van der Waals surface area contributed by atoms with Gasteiger partial charge in [-0.1, -0.05) is 66.2 Å². The number of nitrogens with zero attached hydrogens (tertiary/aromatic N) is 2. The van der Waals surface area contributed by atoms with E-state index in [1.807, 2.05) is 6.07 Å². The third kappa shape index (κ3) is 5.15. The summed E-state index contributed by atoms with van der Waals surface area (Å²) in [5.41, 5.74) is 2.74. The number of benzene rings is 1. The van der Waals surface area contributed by atoms with E-state index in [4.69, 9.17) is 0 Å². The molecule has 0 spiro atoms. The second-order valence-electron chi connectivity index (χ2n) is 9.46. The molecule has 32 heavy (non-hydrogen) atoms. The van der Waals surface area contributed by atoms with Crippen LogP contribution in [0.2, 0.25) is 0 Å². The van der Waals surface area contributed by atoms with Crippen LogP contribution in [0, 0.1) is 11.8 Å². The zero-order chi connectivity index (χ0) is 23.1. The van der Waals surface area contributed by atoms with E-state index >= 15 is 0 Å². The van der Waals surface area contributed by atoms with Crippen molar-refractivity contribution >= 4 is 17.0 Å². The molecule has 2 unspecified atom stereocenters. The Morgan fingerprint density at radius 3 is 2.16 bits per heavy atom. The molecule has 1 aromatic carbocycles. The number of aromatic nitrogens is 3. The third-order valence-corrected chi connectivity index (χ3v) is 7.26. The summed E-state index contributed by atoms with van der Waals surface area (Å²) < 4.78 is 0. The number of unbranched alkanes of at least 4 members (excludes halogenated alkanes) is 2. The Bertz CT molecular complexity index is 874. The van der Waals surface area contributed by atoms with Gasteiger partial charge in [-0.25, -0.2) is 4.79 Å². The van der Waals surface area contributed by atoms with Crippen molar-refractivity contribution in [2.75, 3.05) is 13.1 Å². The number of aromatic carboxylic acids is 1. The molecule has 2 bridgehead atoms. The zero-order valence-corrected chi connectivity index (χ0v) is 20.3. The minimum atomic E-state index is -0.888. The van der Waals surface area contributed by atoms with E-state index < -0.39 is 11.6 Å². The quantitative estimate of drug-likeness (QED) is 0.290. The summed E-state index contributed by atoms with van der Waals surface area (Å²) in [6.07, 6.45) is 10.0. The predicted octanol–water partition coefficient (Wildman–Crippen LogP) is 4.98. The first kappa shape index (κ1) is 24.6. The van der Waals surface area contributed by atoms with Gasteiger partial charge in [0.05, 0.1) is 5.56 Å². The van der Waals surface area contributed by atoms with Gasteiger partial charge in [-0.3, -0.25) is 10.6 Å². The number of carboxylic acids is 1. The lowest BCUT2D eigenvalue weighted by Gasteiger charge is -2.36. The smallest absolute Gasteiger partial charge is 0.336 e. The number of hydrogen-bond acceptors (Lipinski definition) is 5. The summed E-state index contributed by atoms with van der Waals surface area (Å²) in [5.74, 6) is 0.244. The Labute approximate surface area is 192 Å². The van der Waals surface area contributed by atoms with Crippen LogP contribution in [0.25, 0.3) is 11.0 Å². The average Bonchev–Trinajstić information content (AvgIpc) is 3.35. The Morgan fingerprint density at radius 2 is 1.66 bits per heavy atom. The number of rotatable bonds is 15. The van der Waals surface area contributed by atoms with Crippen molar-refractivity contribution in [3.8, 4) is 0 Å². The second-order valence-corrected chi connectivity index (χ2v) is 9.46. The van der Waals surface area contributed by atoms with E-state index in [0.717, 1.165) is 42.6 Å². The molecule has 2 aromatic rings. The third-order valence-electron chi connectivity index (χ3n) is 7.26. The molecule has 2 atom stereocenters. The fourth-order valence-corrected chi connectivity index (χ4v) is 5.10. The van der Waals surface area contributed by atoms with Crippen molar-refractivity contribution < 1.29 is 9.90 Å². The second kappa shape index (κ2) is 11.2. The molecule has 7 nitrogen and oxygen atoms in total. The first-order valence-electron chi connectivity index (χ1n) is 12.6. The SMILES string of the molecule is CCCCC(CC)CNC1(NCC(CC)CCCC)Cc2cc3n[nH]nc3c1c2C(=O)O. The van der Waals surface area contributed by atoms with Crippen LogP contribution < -0.4 is 10.6 Å². The molecule has 0 aliphatic heterocycles. The molecular formula is C25H41N5O2. The minimum Gasteiger partial charge on any atom is -0.478 e. The molecule has 0 fully saturated rings. The van der Waals surface area contributed by atoms with E-state index in [1.54, 1.807) is 0 Å². The highest BCUT2D eigenvalue weighted by Crippen LogP contribution is 2.41. The normalized spacial score (nSPS) is 19.5. The van der Waals surface area contributed by atoms with Crippen molar-refractivity contribution in [1.82, 2.24) is 26.0 Å². The summed E-state index contributed by atoms with van der Waals surface area (Å²) in [4.78, 5) is 12.3. The van der Waals surface area contributed by atoms with Crippen LogP contribution in [0.5, 0.6) is 0 Å². The van der Waals surface area contributed by atoms with Gasteiger partial charge in [-0.2, -0.15) is 15.4 Å².